The molecule has 1 atom stereocenters. The fourth-order valence-corrected chi connectivity index (χ4v) is 2.82. The smallest absolute Gasteiger partial charge is 0.122 e. The van der Waals surface area contributed by atoms with Crippen LogP contribution in [-0.4, -0.2) is 18.4 Å². The Morgan fingerprint density at radius 1 is 1.05 bits per heavy atom. The Bertz CT molecular complexity index is 530. The van der Waals surface area contributed by atoms with E-state index in [1.54, 1.807) is 0 Å². The van der Waals surface area contributed by atoms with Crippen molar-refractivity contribution >= 4 is 11.8 Å². The minimum absolute atomic E-state index is 0.202. The highest BCUT2D eigenvalue weighted by Crippen LogP contribution is 2.21. The molecule has 3 heteroatoms. The van der Waals surface area contributed by atoms with Crippen LogP contribution in [0.15, 0.2) is 59.5 Å². The van der Waals surface area contributed by atoms with Gasteiger partial charge in [-0.15, -0.1) is 11.8 Å². The second-order valence-corrected chi connectivity index (χ2v) is 6.16. The zero-order valence-electron chi connectivity index (χ0n) is 12.5. The van der Waals surface area contributed by atoms with Crippen molar-refractivity contribution in [2.45, 2.75) is 30.7 Å². The zero-order valence-corrected chi connectivity index (χ0v) is 13.3. The van der Waals surface area contributed by atoms with Crippen molar-refractivity contribution in [2.75, 3.05) is 12.4 Å². The van der Waals surface area contributed by atoms with E-state index in [2.05, 4.69) is 37.3 Å². The van der Waals surface area contributed by atoms with Gasteiger partial charge in [-0.25, -0.2) is 0 Å². The highest BCUT2D eigenvalue weighted by atomic mass is 32.2. The van der Waals surface area contributed by atoms with Crippen LogP contribution in [0.25, 0.3) is 0 Å². The minimum Gasteiger partial charge on any atom is -0.492 e. The predicted molar refractivity (Wildman–Crippen MR) is 91.1 cm³/mol. The molecule has 1 unspecified atom stereocenters. The number of nitrogens with two attached hydrogens (primary N) is 1. The van der Waals surface area contributed by atoms with Gasteiger partial charge in [0.2, 0.25) is 0 Å². The molecule has 0 spiro atoms. The topological polar surface area (TPSA) is 35.2 Å². The van der Waals surface area contributed by atoms with Gasteiger partial charge in [0, 0.05) is 16.7 Å². The van der Waals surface area contributed by atoms with Gasteiger partial charge >= 0.3 is 0 Å². The molecule has 2 rings (SSSR count). The van der Waals surface area contributed by atoms with E-state index in [9.17, 15) is 0 Å². The molecule has 2 aromatic carbocycles. The van der Waals surface area contributed by atoms with Gasteiger partial charge in [-0.3, -0.25) is 0 Å². The summed E-state index contributed by atoms with van der Waals surface area (Å²) in [5.41, 5.74) is 7.25. The highest BCUT2D eigenvalue weighted by Gasteiger charge is 2.07. The van der Waals surface area contributed by atoms with E-state index < -0.39 is 0 Å². The minimum atomic E-state index is 0.202. The normalized spacial score (nSPS) is 12.1. The second kappa shape index (κ2) is 8.75. The fourth-order valence-electron chi connectivity index (χ4n) is 2.07. The number of rotatable bonds is 8. The molecular weight excluding hydrogens is 278 g/mol. The monoisotopic (exact) mass is 301 g/mol. The van der Waals surface area contributed by atoms with E-state index in [-0.39, 0.29) is 6.04 Å². The third-order valence-corrected chi connectivity index (χ3v) is 4.31. The summed E-state index contributed by atoms with van der Waals surface area (Å²) in [6, 6.07) is 18.8. The van der Waals surface area contributed by atoms with E-state index in [1.165, 1.54) is 10.5 Å². The van der Waals surface area contributed by atoms with E-state index in [0.717, 1.165) is 24.3 Å². The Morgan fingerprint density at radius 3 is 2.52 bits per heavy atom. The van der Waals surface area contributed by atoms with E-state index in [0.29, 0.717) is 6.61 Å². The van der Waals surface area contributed by atoms with Gasteiger partial charge in [-0.2, -0.15) is 0 Å². The standard InChI is InChI=1S/C18H23NOS/c1-2-16(19)14-15-8-6-7-11-18(15)20-12-13-21-17-9-4-3-5-10-17/h3-11,16H,2,12-14,19H2,1H3. The number of hydrogen-bond acceptors (Lipinski definition) is 3. The molecule has 2 aromatic rings. The fraction of sp³-hybridized carbons (Fsp3) is 0.333. The van der Waals surface area contributed by atoms with Crippen LogP contribution in [0.2, 0.25) is 0 Å². The highest BCUT2D eigenvalue weighted by molar-refractivity contribution is 7.99. The van der Waals surface area contributed by atoms with Gasteiger partial charge in [-0.05, 0) is 36.6 Å². The Kier molecular flexibility index (Phi) is 6.64. The first-order chi connectivity index (χ1) is 10.3. The first-order valence-electron chi connectivity index (χ1n) is 7.43. The molecule has 0 radical (unpaired) electrons. The van der Waals surface area contributed by atoms with Crippen molar-refractivity contribution in [1.29, 1.82) is 0 Å². The van der Waals surface area contributed by atoms with Crippen LogP contribution >= 0.6 is 11.8 Å². The molecule has 112 valence electrons. The van der Waals surface area contributed by atoms with Crippen molar-refractivity contribution in [2.24, 2.45) is 5.73 Å². The van der Waals surface area contributed by atoms with E-state index in [1.807, 2.05) is 36.0 Å². The van der Waals surface area contributed by atoms with Crippen molar-refractivity contribution in [1.82, 2.24) is 0 Å². The summed E-state index contributed by atoms with van der Waals surface area (Å²) < 4.78 is 5.93. The molecule has 0 saturated heterocycles. The predicted octanol–water partition coefficient (Wildman–Crippen LogP) is 4.14. The Labute approximate surface area is 131 Å². The maximum atomic E-state index is 6.05. The van der Waals surface area contributed by atoms with Crippen LogP contribution in [0.1, 0.15) is 18.9 Å². The lowest BCUT2D eigenvalue weighted by molar-refractivity contribution is 0.339. The quantitative estimate of drug-likeness (QED) is 0.588. The van der Waals surface area contributed by atoms with E-state index in [4.69, 9.17) is 10.5 Å². The molecule has 0 aliphatic rings. The SMILES string of the molecule is CCC(N)Cc1ccccc1OCCSc1ccccc1. The lowest BCUT2D eigenvalue weighted by atomic mass is 10.0. The number of hydrogen-bond donors (Lipinski definition) is 1. The average Bonchev–Trinajstić information content (AvgIpc) is 2.54. The second-order valence-electron chi connectivity index (χ2n) is 4.99. The molecule has 0 aliphatic heterocycles. The Morgan fingerprint density at radius 2 is 1.76 bits per heavy atom. The summed E-state index contributed by atoms with van der Waals surface area (Å²) in [6.45, 7) is 2.82. The van der Waals surface area contributed by atoms with Crippen LogP contribution in [0, 0.1) is 0 Å². The molecular formula is C18H23NOS. The first kappa shape index (κ1) is 15.9. The first-order valence-corrected chi connectivity index (χ1v) is 8.42. The summed E-state index contributed by atoms with van der Waals surface area (Å²) in [7, 11) is 0. The largest absolute Gasteiger partial charge is 0.492 e. The molecule has 0 bridgehead atoms. The summed E-state index contributed by atoms with van der Waals surface area (Å²) >= 11 is 1.81. The van der Waals surface area contributed by atoms with Crippen molar-refractivity contribution in [3.8, 4) is 5.75 Å². The average molecular weight is 301 g/mol. The zero-order chi connectivity index (χ0) is 14.9. The molecule has 2 nitrogen and oxygen atoms in total. The number of benzene rings is 2. The Hall–Kier alpha value is -1.45. The van der Waals surface area contributed by atoms with Gasteiger partial charge in [0.05, 0.1) is 6.61 Å². The maximum absolute atomic E-state index is 6.05. The summed E-state index contributed by atoms with van der Waals surface area (Å²) in [5, 5.41) is 0. The van der Waals surface area contributed by atoms with Crippen LogP contribution in [0.5, 0.6) is 5.75 Å². The van der Waals surface area contributed by atoms with Gasteiger partial charge < -0.3 is 10.5 Å². The van der Waals surface area contributed by atoms with Gasteiger partial charge in [0.1, 0.15) is 5.75 Å². The molecule has 0 amide bonds. The number of thioether (sulfide) groups is 1. The molecule has 0 saturated carbocycles. The molecule has 0 fully saturated rings. The van der Waals surface area contributed by atoms with Gasteiger partial charge in [0.15, 0.2) is 0 Å². The van der Waals surface area contributed by atoms with Crippen LogP contribution < -0.4 is 10.5 Å². The molecule has 0 aliphatic carbocycles. The Balaban J connectivity index is 1.82. The van der Waals surface area contributed by atoms with Gasteiger partial charge in [0.25, 0.3) is 0 Å². The molecule has 21 heavy (non-hydrogen) atoms. The third kappa shape index (κ3) is 5.44. The van der Waals surface area contributed by atoms with Crippen LogP contribution in [0.3, 0.4) is 0 Å². The van der Waals surface area contributed by atoms with E-state index >= 15 is 0 Å². The maximum Gasteiger partial charge on any atom is 0.122 e. The molecule has 0 heterocycles. The summed E-state index contributed by atoms with van der Waals surface area (Å²) in [4.78, 5) is 1.28. The summed E-state index contributed by atoms with van der Waals surface area (Å²) in [5.74, 6) is 1.91. The number of ether oxygens (including phenoxy) is 1. The van der Waals surface area contributed by atoms with Crippen molar-refractivity contribution < 1.29 is 4.74 Å². The summed E-state index contributed by atoms with van der Waals surface area (Å²) in [6.07, 6.45) is 1.86. The van der Waals surface area contributed by atoms with Crippen LogP contribution in [0.4, 0.5) is 0 Å². The lowest BCUT2D eigenvalue weighted by Gasteiger charge is -2.14. The molecule has 2 N–H and O–H groups in total. The van der Waals surface area contributed by atoms with Crippen molar-refractivity contribution in [3.05, 3.63) is 60.2 Å². The third-order valence-electron chi connectivity index (χ3n) is 3.33. The van der Waals surface area contributed by atoms with Crippen LogP contribution in [-0.2, 0) is 6.42 Å². The van der Waals surface area contributed by atoms with Crippen molar-refractivity contribution in [3.63, 3.8) is 0 Å². The lowest BCUT2D eigenvalue weighted by Crippen LogP contribution is -2.21. The number of para-hydroxylation sites is 1. The van der Waals surface area contributed by atoms with Gasteiger partial charge in [-0.1, -0.05) is 43.3 Å². The molecule has 0 aromatic heterocycles.